The fraction of sp³-hybridized carbons (Fsp3) is 0.923. The van der Waals surface area contributed by atoms with Crippen molar-refractivity contribution in [2.75, 3.05) is 13.2 Å². The highest BCUT2D eigenvalue weighted by Crippen LogP contribution is 2.44. The van der Waals surface area contributed by atoms with Gasteiger partial charge in [0.05, 0.1) is 12.7 Å². The number of carbonyl (C=O) groups is 1. The summed E-state index contributed by atoms with van der Waals surface area (Å²) in [6.45, 7) is 3.45. The average molecular weight is 238 g/mol. The fourth-order valence-electron chi connectivity index (χ4n) is 3.72. The number of rotatable bonds is 2. The van der Waals surface area contributed by atoms with Crippen molar-refractivity contribution in [2.45, 2.75) is 50.8 Å². The minimum Gasteiger partial charge on any atom is -0.375 e. The Bertz CT molecular complexity index is 308. The average Bonchev–Trinajstić information content (AvgIpc) is 2.91. The summed E-state index contributed by atoms with van der Waals surface area (Å²) >= 11 is 0. The first kappa shape index (κ1) is 11.5. The van der Waals surface area contributed by atoms with E-state index in [0.29, 0.717) is 12.6 Å². The maximum absolute atomic E-state index is 12.2. The highest BCUT2D eigenvalue weighted by molar-refractivity contribution is 5.82. The van der Waals surface area contributed by atoms with Gasteiger partial charge in [-0.25, -0.2) is 0 Å². The summed E-state index contributed by atoms with van der Waals surface area (Å²) in [5, 5.41) is 6.48. The van der Waals surface area contributed by atoms with Crippen LogP contribution in [0.2, 0.25) is 0 Å². The summed E-state index contributed by atoms with van der Waals surface area (Å²) in [6, 6.07) is 0.264. The van der Waals surface area contributed by atoms with Gasteiger partial charge in [0.1, 0.15) is 6.04 Å². The van der Waals surface area contributed by atoms with Gasteiger partial charge in [-0.3, -0.25) is 4.79 Å². The quantitative estimate of drug-likeness (QED) is 0.743. The molecule has 1 heterocycles. The molecular formula is C13H22N2O2. The van der Waals surface area contributed by atoms with Gasteiger partial charge in [-0.15, -0.1) is 0 Å². The summed E-state index contributed by atoms with van der Waals surface area (Å²) in [7, 11) is 0. The second-order valence-electron chi connectivity index (χ2n) is 5.80. The van der Waals surface area contributed by atoms with E-state index in [-0.39, 0.29) is 18.1 Å². The first-order valence-electron chi connectivity index (χ1n) is 6.89. The van der Waals surface area contributed by atoms with Crippen LogP contribution < -0.4 is 10.6 Å². The highest BCUT2D eigenvalue weighted by atomic mass is 16.5. The molecule has 0 radical (unpaired) electrons. The predicted molar refractivity (Wildman–Crippen MR) is 64.6 cm³/mol. The number of carbonyl (C=O) groups excluding carboxylic acids is 1. The number of nitrogens with one attached hydrogen (secondary N) is 2. The van der Waals surface area contributed by atoms with Crippen LogP contribution >= 0.6 is 0 Å². The molecule has 0 aromatic rings. The van der Waals surface area contributed by atoms with Crippen molar-refractivity contribution in [3.63, 3.8) is 0 Å². The molecule has 3 rings (SSSR count). The van der Waals surface area contributed by atoms with E-state index in [1.807, 2.05) is 6.92 Å². The molecule has 1 saturated heterocycles. The first-order chi connectivity index (χ1) is 8.24. The Hall–Kier alpha value is -0.610. The van der Waals surface area contributed by atoms with E-state index in [2.05, 4.69) is 10.6 Å². The number of hydrogen-bond acceptors (Lipinski definition) is 3. The molecule has 0 spiro atoms. The predicted octanol–water partition coefficient (Wildman–Crippen LogP) is 0.668. The second-order valence-corrected chi connectivity index (χ2v) is 5.80. The molecule has 1 amide bonds. The van der Waals surface area contributed by atoms with E-state index in [4.69, 9.17) is 4.74 Å². The van der Waals surface area contributed by atoms with Crippen LogP contribution in [0.25, 0.3) is 0 Å². The minimum atomic E-state index is -0.164. The zero-order valence-electron chi connectivity index (χ0n) is 10.4. The highest BCUT2D eigenvalue weighted by Gasteiger charge is 2.41. The molecule has 2 saturated carbocycles. The van der Waals surface area contributed by atoms with E-state index >= 15 is 0 Å². The summed E-state index contributed by atoms with van der Waals surface area (Å²) in [6.07, 6.45) is 5.19. The van der Waals surface area contributed by atoms with Crippen LogP contribution in [0.5, 0.6) is 0 Å². The molecule has 0 aromatic carbocycles. The van der Waals surface area contributed by atoms with Gasteiger partial charge in [0.2, 0.25) is 5.91 Å². The van der Waals surface area contributed by atoms with Crippen LogP contribution in [0.1, 0.15) is 32.6 Å². The summed E-state index contributed by atoms with van der Waals surface area (Å²) in [4.78, 5) is 12.2. The van der Waals surface area contributed by atoms with Crippen LogP contribution in [0.3, 0.4) is 0 Å². The number of fused-ring (bicyclic) bond motifs is 2. The summed E-state index contributed by atoms with van der Waals surface area (Å²) < 4.78 is 5.51. The van der Waals surface area contributed by atoms with Crippen molar-refractivity contribution in [2.24, 2.45) is 11.8 Å². The molecule has 2 aliphatic carbocycles. The van der Waals surface area contributed by atoms with E-state index < -0.39 is 0 Å². The molecule has 2 N–H and O–H groups in total. The molecule has 17 heavy (non-hydrogen) atoms. The fourth-order valence-corrected chi connectivity index (χ4v) is 3.72. The molecule has 3 fully saturated rings. The monoisotopic (exact) mass is 238 g/mol. The lowest BCUT2D eigenvalue weighted by Crippen LogP contribution is -2.57. The Balaban J connectivity index is 1.56. The maximum Gasteiger partial charge on any atom is 0.240 e. The van der Waals surface area contributed by atoms with Gasteiger partial charge < -0.3 is 15.4 Å². The van der Waals surface area contributed by atoms with Gasteiger partial charge >= 0.3 is 0 Å². The van der Waals surface area contributed by atoms with E-state index in [1.165, 1.54) is 25.7 Å². The number of hydrogen-bond donors (Lipinski definition) is 2. The van der Waals surface area contributed by atoms with Crippen LogP contribution in [0.4, 0.5) is 0 Å². The molecule has 2 bridgehead atoms. The van der Waals surface area contributed by atoms with Crippen LogP contribution in [0.15, 0.2) is 0 Å². The lowest BCUT2D eigenvalue weighted by atomic mass is 9.95. The van der Waals surface area contributed by atoms with Crippen molar-refractivity contribution in [3.05, 3.63) is 0 Å². The van der Waals surface area contributed by atoms with Gasteiger partial charge in [-0.05, 0) is 38.0 Å². The number of amides is 1. The Morgan fingerprint density at radius 1 is 1.35 bits per heavy atom. The van der Waals surface area contributed by atoms with Crippen molar-refractivity contribution in [1.82, 2.24) is 10.6 Å². The third-order valence-corrected chi connectivity index (χ3v) is 4.66. The van der Waals surface area contributed by atoms with Gasteiger partial charge in [0.15, 0.2) is 0 Å². The van der Waals surface area contributed by atoms with E-state index in [1.54, 1.807) is 0 Å². The number of morpholine rings is 1. The molecule has 4 heteroatoms. The molecule has 96 valence electrons. The van der Waals surface area contributed by atoms with Crippen LogP contribution in [-0.4, -0.2) is 37.2 Å². The Morgan fingerprint density at radius 3 is 2.88 bits per heavy atom. The molecule has 4 nitrogen and oxygen atoms in total. The third-order valence-electron chi connectivity index (χ3n) is 4.66. The third kappa shape index (κ3) is 2.20. The Labute approximate surface area is 102 Å². The summed E-state index contributed by atoms with van der Waals surface area (Å²) in [5.41, 5.74) is 0. The standard InChI is InChI=1S/C13H22N2O2/c1-8-12(14-4-5-17-8)13(16)15-11-7-9-2-3-10(11)6-9/h8-12,14H,2-7H2,1H3,(H,15,16)/t8-,9?,10?,11?,12+/m1/s1. The molecule has 1 aliphatic heterocycles. The van der Waals surface area contributed by atoms with E-state index in [0.717, 1.165) is 18.4 Å². The molecule has 3 aliphatic rings. The van der Waals surface area contributed by atoms with Gasteiger partial charge in [0, 0.05) is 12.6 Å². The SMILES string of the molecule is C[C@H]1OCCN[C@@H]1C(=O)NC1CC2CCC1C2. The van der Waals surface area contributed by atoms with Gasteiger partial charge in [-0.2, -0.15) is 0 Å². The first-order valence-corrected chi connectivity index (χ1v) is 6.89. The maximum atomic E-state index is 12.2. The van der Waals surface area contributed by atoms with Crippen LogP contribution in [0, 0.1) is 11.8 Å². The lowest BCUT2D eigenvalue weighted by Gasteiger charge is -2.31. The largest absolute Gasteiger partial charge is 0.375 e. The van der Waals surface area contributed by atoms with Crippen molar-refractivity contribution < 1.29 is 9.53 Å². The number of ether oxygens (including phenoxy) is 1. The normalized spacial score (nSPS) is 44.9. The van der Waals surface area contributed by atoms with Gasteiger partial charge in [-0.1, -0.05) is 6.42 Å². The zero-order chi connectivity index (χ0) is 11.8. The van der Waals surface area contributed by atoms with E-state index in [9.17, 15) is 4.79 Å². The molecular weight excluding hydrogens is 216 g/mol. The van der Waals surface area contributed by atoms with Crippen molar-refractivity contribution >= 4 is 5.91 Å². The Kier molecular flexibility index (Phi) is 3.09. The van der Waals surface area contributed by atoms with Crippen LogP contribution in [-0.2, 0) is 9.53 Å². The van der Waals surface area contributed by atoms with Gasteiger partial charge in [0.25, 0.3) is 0 Å². The van der Waals surface area contributed by atoms with Crippen molar-refractivity contribution in [3.8, 4) is 0 Å². The zero-order valence-corrected chi connectivity index (χ0v) is 10.4. The lowest BCUT2D eigenvalue weighted by molar-refractivity contribution is -0.130. The smallest absolute Gasteiger partial charge is 0.240 e. The molecule has 5 atom stereocenters. The minimum absolute atomic E-state index is 0.0117. The topological polar surface area (TPSA) is 50.4 Å². The molecule has 0 aromatic heterocycles. The summed E-state index contributed by atoms with van der Waals surface area (Å²) in [5.74, 6) is 1.75. The van der Waals surface area contributed by atoms with Crippen molar-refractivity contribution in [1.29, 1.82) is 0 Å². The Morgan fingerprint density at radius 2 is 2.24 bits per heavy atom. The second kappa shape index (κ2) is 4.58. The molecule has 3 unspecified atom stereocenters.